The molecule has 2 saturated carbocycles. The standard InChI is InChI=1S/C37H53N7O5/c1-7-29-34(46)42(5)30-22-38-35(41-32(30)44(29)27-10-8-9-11-27)40-28-13-12-25(21-31(28)48-6)33(45)39-26-19-24(20-26)18-23-14-16-43(17-15-23)36(47)49-37(2,3)4/h12-13,21-24,26-27,29H,7-11,14-20H2,1-6H3,(H,39,45)(H,38,40,41)/t24?,26?,29-/m1/s1. The molecule has 3 fully saturated rings. The van der Waals surface area contributed by atoms with E-state index in [1.165, 1.54) is 0 Å². The van der Waals surface area contributed by atoms with Crippen molar-refractivity contribution in [3.8, 4) is 5.75 Å². The van der Waals surface area contributed by atoms with Gasteiger partial charge in [-0.1, -0.05) is 19.8 Å². The zero-order valence-electron chi connectivity index (χ0n) is 30.0. The molecule has 2 aromatic rings. The lowest BCUT2D eigenvalue weighted by Crippen LogP contribution is -2.55. The summed E-state index contributed by atoms with van der Waals surface area (Å²) in [6.45, 7) is 9.23. The highest BCUT2D eigenvalue weighted by Gasteiger charge is 2.41. The molecule has 3 amide bonds. The number of anilines is 4. The number of nitrogens with zero attached hydrogens (tertiary/aromatic N) is 5. The van der Waals surface area contributed by atoms with Crippen LogP contribution >= 0.6 is 0 Å². The molecule has 1 aromatic carbocycles. The van der Waals surface area contributed by atoms with Gasteiger partial charge in [-0.3, -0.25) is 9.59 Å². The van der Waals surface area contributed by atoms with Crippen LogP contribution in [0.3, 0.4) is 0 Å². The maximum Gasteiger partial charge on any atom is 0.410 e. The quantitative estimate of drug-likeness (QED) is 0.316. The van der Waals surface area contributed by atoms with Gasteiger partial charge in [-0.2, -0.15) is 4.98 Å². The van der Waals surface area contributed by atoms with Crippen LogP contribution in [0, 0.1) is 11.8 Å². The van der Waals surface area contributed by atoms with Crippen LogP contribution in [0.1, 0.15) is 102 Å². The molecule has 12 heteroatoms. The minimum Gasteiger partial charge on any atom is -0.495 e. The SMILES string of the molecule is CC[C@@H]1C(=O)N(C)c2cnc(Nc3ccc(C(=O)NC4CC(CC5CCN(C(=O)OC(C)(C)C)CC5)C4)cc3OC)nc2N1C1CCCC1. The summed E-state index contributed by atoms with van der Waals surface area (Å²) in [7, 11) is 3.38. The largest absolute Gasteiger partial charge is 0.495 e. The van der Waals surface area contributed by atoms with Crippen molar-refractivity contribution in [2.24, 2.45) is 11.8 Å². The van der Waals surface area contributed by atoms with Crippen LogP contribution in [0.2, 0.25) is 0 Å². The van der Waals surface area contributed by atoms with E-state index >= 15 is 0 Å². The fourth-order valence-electron chi connectivity index (χ4n) is 7.96. The molecule has 2 aliphatic carbocycles. The van der Waals surface area contributed by atoms with Gasteiger partial charge in [0.25, 0.3) is 5.91 Å². The van der Waals surface area contributed by atoms with Crippen molar-refractivity contribution >= 4 is 41.0 Å². The van der Waals surface area contributed by atoms with E-state index in [1.807, 2.05) is 31.7 Å². The summed E-state index contributed by atoms with van der Waals surface area (Å²) >= 11 is 0. The van der Waals surface area contributed by atoms with E-state index in [2.05, 4.69) is 27.4 Å². The Bertz CT molecular complexity index is 1520. The molecule has 2 N–H and O–H groups in total. The fourth-order valence-corrected chi connectivity index (χ4v) is 7.96. The second kappa shape index (κ2) is 14.4. The van der Waals surface area contributed by atoms with Gasteiger partial charge < -0.3 is 34.8 Å². The fraction of sp³-hybridized carbons (Fsp3) is 0.649. The molecule has 266 valence electrons. The monoisotopic (exact) mass is 675 g/mol. The van der Waals surface area contributed by atoms with Crippen LogP contribution in [0.4, 0.5) is 27.9 Å². The van der Waals surface area contributed by atoms with E-state index in [1.54, 1.807) is 37.4 Å². The molecule has 3 heterocycles. The Morgan fingerprint density at radius 2 is 1.76 bits per heavy atom. The highest BCUT2D eigenvalue weighted by Crippen LogP contribution is 2.41. The number of methoxy groups -OCH3 is 1. The lowest BCUT2D eigenvalue weighted by molar-refractivity contribution is -0.120. The summed E-state index contributed by atoms with van der Waals surface area (Å²) in [6.07, 6.45) is 11.7. The van der Waals surface area contributed by atoms with E-state index in [-0.39, 0.29) is 36.0 Å². The Morgan fingerprint density at radius 1 is 1.04 bits per heavy atom. The first-order valence-corrected chi connectivity index (χ1v) is 18.1. The predicted molar refractivity (Wildman–Crippen MR) is 190 cm³/mol. The second-order valence-corrected chi connectivity index (χ2v) is 15.3. The van der Waals surface area contributed by atoms with Crippen molar-refractivity contribution in [1.29, 1.82) is 0 Å². The lowest BCUT2D eigenvalue weighted by atomic mass is 9.73. The number of likely N-dealkylation sites (N-methyl/N-ethyl adjacent to an activating group) is 1. The molecule has 1 aromatic heterocycles. The smallest absolute Gasteiger partial charge is 0.410 e. The first-order valence-electron chi connectivity index (χ1n) is 18.1. The van der Waals surface area contributed by atoms with Crippen LogP contribution in [-0.2, 0) is 9.53 Å². The Hall–Kier alpha value is -4.09. The number of nitrogens with one attached hydrogen (secondary N) is 2. The highest BCUT2D eigenvalue weighted by atomic mass is 16.6. The zero-order valence-corrected chi connectivity index (χ0v) is 30.0. The van der Waals surface area contributed by atoms with Crippen LogP contribution in [-0.4, -0.2) is 83.7 Å². The molecule has 0 radical (unpaired) electrons. The van der Waals surface area contributed by atoms with Gasteiger partial charge in [-0.25, -0.2) is 9.78 Å². The van der Waals surface area contributed by atoms with Crippen molar-refractivity contribution < 1.29 is 23.9 Å². The topological polar surface area (TPSA) is 129 Å². The van der Waals surface area contributed by atoms with Crippen molar-refractivity contribution in [3.63, 3.8) is 0 Å². The number of hydrogen-bond acceptors (Lipinski definition) is 9. The summed E-state index contributed by atoms with van der Waals surface area (Å²) in [4.78, 5) is 54.0. The van der Waals surface area contributed by atoms with Gasteiger partial charge in [0.2, 0.25) is 11.9 Å². The Labute approximate surface area is 290 Å². The number of carbonyl (C=O) groups is 3. The van der Waals surface area contributed by atoms with E-state index in [0.717, 1.165) is 76.7 Å². The highest BCUT2D eigenvalue weighted by molar-refractivity contribution is 6.04. The van der Waals surface area contributed by atoms with E-state index in [9.17, 15) is 14.4 Å². The van der Waals surface area contributed by atoms with Crippen LogP contribution in [0.15, 0.2) is 24.4 Å². The number of hydrogen-bond donors (Lipinski definition) is 2. The third-order valence-electron chi connectivity index (χ3n) is 10.6. The maximum absolute atomic E-state index is 13.2. The van der Waals surface area contributed by atoms with E-state index in [0.29, 0.717) is 46.9 Å². The van der Waals surface area contributed by atoms with Gasteiger partial charge in [-0.15, -0.1) is 0 Å². The van der Waals surface area contributed by atoms with Gasteiger partial charge in [-0.05, 0) is 102 Å². The molecule has 0 unspecified atom stereocenters. The molecule has 49 heavy (non-hydrogen) atoms. The third kappa shape index (κ3) is 7.73. The number of fused-ring (bicyclic) bond motifs is 1. The van der Waals surface area contributed by atoms with Gasteiger partial charge in [0.15, 0.2) is 5.82 Å². The molecule has 0 spiro atoms. The van der Waals surface area contributed by atoms with Gasteiger partial charge >= 0.3 is 6.09 Å². The predicted octanol–water partition coefficient (Wildman–Crippen LogP) is 6.28. The first kappa shape index (κ1) is 34.8. The minimum absolute atomic E-state index is 0.0802. The molecule has 4 aliphatic rings. The number of rotatable bonds is 9. The molecule has 1 saturated heterocycles. The lowest BCUT2D eigenvalue weighted by Gasteiger charge is -2.43. The number of carbonyl (C=O) groups excluding carboxylic acids is 3. The third-order valence-corrected chi connectivity index (χ3v) is 10.6. The summed E-state index contributed by atoms with van der Waals surface area (Å²) < 4.78 is 11.2. The van der Waals surface area contributed by atoms with Crippen molar-refractivity contribution in [1.82, 2.24) is 20.2 Å². The molecule has 12 nitrogen and oxygen atoms in total. The van der Waals surface area contributed by atoms with Crippen LogP contribution in [0.25, 0.3) is 0 Å². The molecular weight excluding hydrogens is 622 g/mol. The molecule has 1 atom stereocenters. The minimum atomic E-state index is -0.474. The molecule has 6 rings (SSSR count). The van der Waals surface area contributed by atoms with E-state index in [4.69, 9.17) is 14.5 Å². The average molecular weight is 676 g/mol. The summed E-state index contributed by atoms with van der Waals surface area (Å²) in [5, 5.41) is 6.50. The Balaban J connectivity index is 1.03. The summed E-state index contributed by atoms with van der Waals surface area (Å²) in [5.74, 6) is 2.86. The van der Waals surface area contributed by atoms with E-state index < -0.39 is 5.60 Å². The summed E-state index contributed by atoms with van der Waals surface area (Å²) in [5.41, 5.74) is 1.43. The van der Waals surface area contributed by atoms with Crippen molar-refractivity contribution in [2.45, 2.75) is 116 Å². The van der Waals surface area contributed by atoms with Crippen molar-refractivity contribution in [3.05, 3.63) is 30.0 Å². The van der Waals surface area contributed by atoms with Crippen molar-refractivity contribution in [2.75, 3.05) is 42.4 Å². The normalized spacial score (nSPS) is 23.2. The van der Waals surface area contributed by atoms with Crippen LogP contribution < -0.4 is 25.2 Å². The number of amides is 3. The molecule has 2 aliphatic heterocycles. The molecular formula is C37H53N7O5. The second-order valence-electron chi connectivity index (χ2n) is 15.3. The number of benzene rings is 1. The first-order chi connectivity index (χ1) is 23.4. The number of likely N-dealkylation sites (tertiary alicyclic amines) is 1. The summed E-state index contributed by atoms with van der Waals surface area (Å²) in [6, 6.07) is 5.55. The average Bonchev–Trinajstić information content (AvgIpc) is 3.59. The van der Waals surface area contributed by atoms with Gasteiger partial charge in [0.05, 0.1) is 19.0 Å². The maximum atomic E-state index is 13.2. The number of piperidine rings is 1. The van der Waals surface area contributed by atoms with Gasteiger partial charge in [0, 0.05) is 37.8 Å². The molecule has 0 bridgehead atoms. The zero-order chi connectivity index (χ0) is 34.9. The number of ether oxygens (including phenoxy) is 2. The number of aromatic nitrogens is 2. The Kier molecular flexibility index (Phi) is 10.2. The van der Waals surface area contributed by atoms with Gasteiger partial charge in [0.1, 0.15) is 23.1 Å². The van der Waals surface area contributed by atoms with Crippen LogP contribution in [0.5, 0.6) is 5.75 Å². The Morgan fingerprint density at radius 3 is 2.41 bits per heavy atom.